The van der Waals surface area contributed by atoms with Gasteiger partial charge >= 0.3 is 0 Å². The van der Waals surface area contributed by atoms with Crippen molar-refractivity contribution in [1.29, 1.82) is 0 Å². The average Bonchev–Trinajstić information content (AvgIpc) is 2.46. The minimum atomic E-state index is 0.149. The van der Waals surface area contributed by atoms with E-state index in [4.69, 9.17) is 10.5 Å². The maximum atomic E-state index is 6.47. The molecule has 1 aromatic carbocycles. The highest BCUT2D eigenvalue weighted by molar-refractivity contribution is 8.00. The Kier molecular flexibility index (Phi) is 5.58. The first kappa shape index (κ1) is 16.7. The molecule has 2 atom stereocenters. The van der Waals surface area contributed by atoms with Crippen LogP contribution in [-0.4, -0.2) is 41.6 Å². The van der Waals surface area contributed by atoms with E-state index in [1.807, 2.05) is 6.07 Å². The van der Waals surface area contributed by atoms with Gasteiger partial charge in [-0.1, -0.05) is 19.1 Å². The lowest BCUT2D eigenvalue weighted by Crippen LogP contribution is -2.49. The molecule has 0 aromatic heterocycles. The van der Waals surface area contributed by atoms with E-state index in [9.17, 15) is 0 Å². The van der Waals surface area contributed by atoms with Gasteiger partial charge in [-0.25, -0.2) is 0 Å². The van der Waals surface area contributed by atoms with Crippen LogP contribution in [0.15, 0.2) is 24.3 Å². The smallest absolute Gasteiger partial charge is 0.119 e. The third kappa shape index (κ3) is 4.15. The Morgan fingerprint density at radius 2 is 2.19 bits per heavy atom. The lowest BCUT2D eigenvalue weighted by atomic mass is 9.95. The van der Waals surface area contributed by atoms with Gasteiger partial charge in [-0.15, -0.1) is 0 Å². The number of methoxy groups -OCH3 is 1. The van der Waals surface area contributed by atoms with Crippen LogP contribution in [0.2, 0.25) is 0 Å². The zero-order valence-electron chi connectivity index (χ0n) is 13.6. The first-order valence-electron chi connectivity index (χ1n) is 7.74. The molecule has 1 heterocycles. The van der Waals surface area contributed by atoms with Crippen LogP contribution in [0.1, 0.15) is 38.8 Å². The monoisotopic (exact) mass is 308 g/mol. The van der Waals surface area contributed by atoms with Gasteiger partial charge in [0.1, 0.15) is 5.75 Å². The number of hydrogen-bond acceptors (Lipinski definition) is 4. The Morgan fingerprint density at radius 1 is 1.43 bits per heavy atom. The normalized spacial score (nSPS) is 21.8. The molecule has 1 aromatic rings. The second-order valence-corrected chi connectivity index (χ2v) is 8.17. The fraction of sp³-hybridized carbons (Fsp3) is 0.647. The second-order valence-electron chi connectivity index (χ2n) is 6.37. The lowest BCUT2D eigenvalue weighted by molar-refractivity contribution is 0.161. The van der Waals surface area contributed by atoms with Gasteiger partial charge in [-0.2, -0.15) is 11.8 Å². The number of nitrogens with zero attached hydrogens (tertiary/aromatic N) is 1. The highest BCUT2D eigenvalue weighted by atomic mass is 32.2. The lowest BCUT2D eigenvalue weighted by Gasteiger charge is -2.44. The predicted molar refractivity (Wildman–Crippen MR) is 92.1 cm³/mol. The van der Waals surface area contributed by atoms with E-state index < -0.39 is 0 Å². The van der Waals surface area contributed by atoms with Crippen molar-refractivity contribution in [2.24, 2.45) is 5.73 Å². The van der Waals surface area contributed by atoms with Crippen LogP contribution in [0.4, 0.5) is 0 Å². The maximum Gasteiger partial charge on any atom is 0.119 e. The summed E-state index contributed by atoms with van der Waals surface area (Å²) in [5.41, 5.74) is 7.74. The maximum absolute atomic E-state index is 6.47. The summed E-state index contributed by atoms with van der Waals surface area (Å²) in [6.45, 7) is 8.99. The zero-order chi connectivity index (χ0) is 15.5. The molecule has 0 radical (unpaired) electrons. The molecule has 3 nitrogen and oxygen atoms in total. The summed E-state index contributed by atoms with van der Waals surface area (Å²) in [7, 11) is 1.72. The summed E-state index contributed by atoms with van der Waals surface area (Å²) in [6.07, 6.45) is 0.978. The summed E-state index contributed by atoms with van der Waals surface area (Å²) in [4.78, 5) is 2.56. The first-order valence-corrected chi connectivity index (χ1v) is 8.73. The molecule has 1 aliphatic heterocycles. The van der Waals surface area contributed by atoms with Crippen molar-refractivity contribution in [2.75, 3.05) is 26.0 Å². The van der Waals surface area contributed by atoms with Crippen molar-refractivity contribution in [3.63, 3.8) is 0 Å². The quantitative estimate of drug-likeness (QED) is 0.906. The number of ether oxygens (including phenoxy) is 1. The van der Waals surface area contributed by atoms with Crippen molar-refractivity contribution in [3.8, 4) is 5.75 Å². The standard InChI is InChI=1S/C17H28N2OS/c1-5-15(18)16(13-7-6-8-14(11-13)20-4)19-9-10-21-17(2,3)12-19/h6-8,11,15-16H,5,9-10,12,18H2,1-4H3. The summed E-state index contributed by atoms with van der Waals surface area (Å²) >= 11 is 2.06. The summed E-state index contributed by atoms with van der Waals surface area (Å²) in [6, 6.07) is 8.79. The molecular weight excluding hydrogens is 280 g/mol. The topological polar surface area (TPSA) is 38.5 Å². The molecule has 0 aliphatic carbocycles. The van der Waals surface area contributed by atoms with E-state index in [0.29, 0.717) is 4.75 Å². The minimum absolute atomic E-state index is 0.149. The Balaban J connectivity index is 2.29. The molecule has 0 bridgehead atoms. The molecule has 1 aliphatic rings. The average molecular weight is 308 g/mol. The van der Waals surface area contributed by atoms with Crippen molar-refractivity contribution < 1.29 is 4.74 Å². The van der Waals surface area contributed by atoms with E-state index in [0.717, 1.165) is 25.3 Å². The number of benzene rings is 1. The van der Waals surface area contributed by atoms with Gasteiger partial charge < -0.3 is 10.5 Å². The summed E-state index contributed by atoms with van der Waals surface area (Å²) < 4.78 is 5.68. The molecule has 0 spiro atoms. The van der Waals surface area contributed by atoms with E-state index in [1.54, 1.807) is 7.11 Å². The van der Waals surface area contributed by atoms with Crippen LogP contribution in [0.5, 0.6) is 5.75 Å². The van der Waals surface area contributed by atoms with Crippen molar-refractivity contribution in [3.05, 3.63) is 29.8 Å². The third-order valence-corrected chi connectivity index (χ3v) is 5.46. The van der Waals surface area contributed by atoms with Gasteiger partial charge in [0.2, 0.25) is 0 Å². The number of nitrogens with two attached hydrogens (primary N) is 1. The largest absolute Gasteiger partial charge is 0.497 e. The van der Waals surface area contributed by atoms with Gasteiger partial charge in [0.15, 0.2) is 0 Å². The summed E-state index contributed by atoms with van der Waals surface area (Å²) in [5, 5.41) is 0. The van der Waals surface area contributed by atoms with E-state index in [-0.39, 0.29) is 12.1 Å². The Labute approximate surface area is 133 Å². The minimum Gasteiger partial charge on any atom is -0.497 e. The van der Waals surface area contributed by atoms with Crippen LogP contribution in [-0.2, 0) is 0 Å². The first-order chi connectivity index (χ1) is 9.96. The number of hydrogen-bond donors (Lipinski definition) is 1. The van der Waals surface area contributed by atoms with Crippen LogP contribution in [0, 0.1) is 0 Å². The van der Waals surface area contributed by atoms with Crippen molar-refractivity contribution in [1.82, 2.24) is 4.90 Å². The fourth-order valence-electron chi connectivity index (χ4n) is 3.07. The SMILES string of the molecule is CCC(N)C(c1cccc(OC)c1)N1CCSC(C)(C)C1. The molecule has 1 fully saturated rings. The number of thioether (sulfide) groups is 1. The number of rotatable bonds is 5. The molecule has 0 amide bonds. The molecule has 4 heteroatoms. The Morgan fingerprint density at radius 3 is 2.81 bits per heavy atom. The molecule has 2 N–H and O–H groups in total. The third-order valence-electron chi connectivity index (χ3n) is 4.16. The molecule has 1 saturated heterocycles. The van der Waals surface area contributed by atoms with Crippen LogP contribution >= 0.6 is 11.8 Å². The molecule has 2 unspecified atom stereocenters. The summed E-state index contributed by atoms with van der Waals surface area (Å²) in [5.74, 6) is 2.08. The van der Waals surface area contributed by atoms with Gasteiger partial charge in [0.05, 0.1) is 13.2 Å². The van der Waals surface area contributed by atoms with Crippen LogP contribution < -0.4 is 10.5 Å². The Bertz CT molecular complexity index is 464. The van der Waals surface area contributed by atoms with Crippen LogP contribution in [0.25, 0.3) is 0 Å². The van der Waals surface area contributed by atoms with E-state index in [2.05, 4.69) is 55.6 Å². The molecule has 118 valence electrons. The van der Waals surface area contributed by atoms with Gasteiger partial charge in [-0.05, 0) is 38.0 Å². The van der Waals surface area contributed by atoms with Gasteiger partial charge in [0.25, 0.3) is 0 Å². The Hall–Kier alpha value is -0.710. The van der Waals surface area contributed by atoms with Crippen LogP contribution in [0.3, 0.4) is 0 Å². The molecular formula is C17H28N2OS. The van der Waals surface area contributed by atoms with Crippen molar-refractivity contribution >= 4 is 11.8 Å². The van der Waals surface area contributed by atoms with E-state index in [1.165, 1.54) is 11.3 Å². The van der Waals surface area contributed by atoms with Gasteiger partial charge in [0, 0.05) is 29.6 Å². The zero-order valence-corrected chi connectivity index (χ0v) is 14.5. The highest BCUT2D eigenvalue weighted by Gasteiger charge is 2.34. The second kappa shape index (κ2) is 7.03. The fourth-order valence-corrected chi connectivity index (χ4v) is 4.20. The molecule has 0 saturated carbocycles. The van der Waals surface area contributed by atoms with E-state index >= 15 is 0 Å². The molecule has 2 rings (SSSR count). The molecule has 21 heavy (non-hydrogen) atoms. The highest BCUT2D eigenvalue weighted by Crippen LogP contribution is 2.36. The van der Waals surface area contributed by atoms with Crippen molar-refractivity contribution in [2.45, 2.75) is 44.0 Å². The predicted octanol–water partition coefficient (Wildman–Crippen LogP) is 3.30. The van der Waals surface area contributed by atoms with Gasteiger partial charge in [-0.3, -0.25) is 4.90 Å².